The highest BCUT2D eigenvalue weighted by molar-refractivity contribution is 5.95. The molecule has 0 saturated carbocycles. The van der Waals surface area contributed by atoms with Crippen LogP contribution in [0.4, 0.5) is 4.39 Å². The smallest absolute Gasteiger partial charge is 0.271 e. The lowest BCUT2D eigenvalue weighted by atomic mass is 9.91. The van der Waals surface area contributed by atoms with Gasteiger partial charge in [-0.3, -0.25) is 9.78 Å². The van der Waals surface area contributed by atoms with Gasteiger partial charge in [0.2, 0.25) is 0 Å². The van der Waals surface area contributed by atoms with Crippen molar-refractivity contribution in [1.82, 2.24) is 35.1 Å². The van der Waals surface area contributed by atoms with E-state index in [2.05, 4.69) is 31.5 Å². The van der Waals surface area contributed by atoms with Crippen LogP contribution in [0.1, 0.15) is 35.6 Å². The number of nitrogens with one attached hydrogen (secondary N) is 1. The van der Waals surface area contributed by atoms with E-state index >= 15 is 4.39 Å². The Morgan fingerprint density at radius 3 is 2.71 bits per heavy atom. The van der Waals surface area contributed by atoms with Crippen LogP contribution in [0.3, 0.4) is 0 Å². The Kier molecular flexibility index (Phi) is 5.50. The largest absolute Gasteiger partial charge is 0.382 e. The Balaban J connectivity index is 1.34. The quantitative estimate of drug-likeness (QED) is 0.332. The third kappa shape index (κ3) is 4.08. The molecule has 0 atom stereocenters. The number of rotatable bonds is 7. The van der Waals surface area contributed by atoms with Gasteiger partial charge in [0.1, 0.15) is 11.5 Å². The van der Waals surface area contributed by atoms with Gasteiger partial charge in [-0.05, 0) is 49.7 Å². The molecular formula is C28H24FN7O2. The van der Waals surface area contributed by atoms with Crippen molar-refractivity contribution in [3.05, 3.63) is 95.8 Å². The molecule has 1 aliphatic carbocycles. The lowest BCUT2D eigenvalue weighted by Crippen LogP contribution is -2.47. The number of allylic oxidation sites excluding steroid dienone is 2. The van der Waals surface area contributed by atoms with Gasteiger partial charge >= 0.3 is 0 Å². The summed E-state index contributed by atoms with van der Waals surface area (Å²) in [5.74, 6) is -0.270. The zero-order valence-electron chi connectivity index (χ0n) is 21.0. The lowest BCUT2D eigenvalue weighted by molar-refractivity contribution is 0.0816. The molecule has 2 aromatic carbocycles. The zero-order valence-corrected chi connectivity index (χ0v) is 21.0. The van der Waals surface area contributed by atoms with Crippen LogP contribution in [0.25, 0.3) is 27.9 Å². The molecule has 0 unspecified atom stereocenters. The molecule has 0 bridgehead atoms. The normalized spacial score (nSPS) is 14.2. The molecule has 9 nitrogen and oxygen atoms in total. The van der Waals surface area contributed by atoms with E-state index in [1.807, 2.05) is 36.4 Å². The fourth-order valence-corrected chi connectivity index (χ4v) is 4.60. The molecule has 0 saturated heterocycles. The number of benzene rings is 2. The van der Waals surface area contributed by atoms with Gasteiger partial charge in [-0.25, -0.2) is 9.37 Å². The Hall–Kier alpha value is -4.57. The summed E-state index contributed by atoms with van der Waals surface area (Å²) in [6.45, 7) is 3.90. The fourth-order valence-electron chi connectivity index (χ4n) is 4.60. The van der Waals surface area contributed by atoms with E-state index in [1.54, 1.807) is 37.7 Å². The first-order valence-electron chi connectivity index (χ1n) is 12.1. The van der Waals surface area contributed by atoms with Crippen molar-refractivity contribution in [2.45, 2.75) is 24.8 Å². The predicted octanol–water partition coefficient (Wildman–Crippen LogP) is 3.88. The van der Waals surface area contributed by atoms with Crippen LogP contribution in [-0.2, 0) is 10.2 Å². The van der Waals surface area contributed by atoms with Crippen LogP contribution in [0.2, 0.25) is 0 Å². The molecule has 0 fully saturated rings. The highest BCUT2D eigenvalue weighted by Gasteiger charge is 2.43. The minimum atomic E-state index is -0.663. The number of hydrogen-bond donors (Lipinski definition) is 1. The van der Waals surface area contributed by atoms with Crippen molar-refractivity contribution in [2.24, 2.45) is 0 Å². The maximum atomic E-state index is 15.0. The van der Waals surface area contributed by atoms with Crippen molar-refractivity contribution in [1.29, 1.82) is 0 Å². The van der Waals surface area contributed by atoms with Gasteiger partial charge in [-0.2, -0.15) is 9.61 Å². The first-order chi connectivity index (χ1) is 18.3. The Morgan fingerprint density at radius 1 is 1.11 bits per heavy atom. The van der Waals surface area contributed by atoms with E-state index in [0.717, 1.165) is 16.5 Å². The van der Waals surface area contributed by atoms with Gasteiger partial charge in [0.25, 0.3) is 11.7 Å². The second-order valence-corrected chi connectivity index (χ2v) is 9.96. The second kappa shape index (κ2) is 8.77. The average Bonchev–Trinajstić information content (AvgIpc) is 3.59. The van der Waals surface area contributed by atoms with Gasteiger partial charge in [0.05, 0.1) is 34.8 Å². The molecule has 3 aromatic heterocycles. The van der Waals surface area contributed by atoms with Gasteiger partial charge in [0.15, 0.2) is 5.82 Å². The number of nitrogens with zero attached hydrogens (tertiary/aromatic N) is 6. The van der Waals surface area contributed by atoms with Crippen LogP contribution in [0, 0.1) is 5.82 Å². The summed E-state index contributed by atoms with van der Waals surface area (Å²) in [6.07, 6.45) is 7.35. The van der Waals surface area contributed by atoms with E-state index < -0.39 is 22.7 Å². The summed E-state index contributed by atoms with van der Waals surface area (Å²) in [6, 6.07) is 14.3. The summed E-state index contributed by atoms with van der Waals surface area (Å²) < 4.78 is 21.7. The molecule has 10 heteroatoms. The number of hydrogen-bond acceptors (Lipinski definition) is 7. The van der Waals surface area contributed by atoms with E-state index in [1.165, 1.54) is 18.3 Å². The van der Waals surface area contributed by atoms with E-state index in [-0.39, 0.29) is 5.56 Å². The average molecular weight is 510 g/mol. The van der Waals surface area contributed by atoms with Gasteiger partial charge in [-0.15, -0.1) is 10.2 Å². The van der Waals surface area contributed by atoms with Crippen LogP contribution in [0.15, 0.2) is 73.1 Å². The Bertz CT molecular complexity index is 1740. The Labute approximate surface area is 217 Å². The predicted molar refractivity (Wildman–Crippen MR) is 139 cm³/mol. The van der Waals surface area contributed by atoms with Gasteiger partial charge in [0, 0.05) is 24.3 Å². The van der Waals surface area contributed by atoms with Crippen LogP contribution in [0.5, 0.6) is 0 Å². The molecule has 190 valence electrons. The lowest BCUT2D eigenvalue weighted by Gasteiger charge is -2.25. The second-order valence-electron chi connectivity index (χ2n) is 9.96. The minimum Gasteiger partial charge on any atom is -0.382 e. The van der Waals surface area contributed by atoms with Gasteiger partial charge < -0.3 is 10.1 Å². The van der Waals surface area contributed by atoms with Crippen LogP contribution >= 0.6 is 0 Å². The van der Waals surface area contributed by atoms with E-state index in [4.69, 9.17) is 9.84 Å². The maximum absolute atomic E-state index is 15.0. The van der Waals surface area contributed by atoms with Crippen molar-refractivity contribution in [2.75, 3.05) is 13.7 Å². The zero-order chi connectivity index (χ0) is 26.5. The summed E-state index contributed by atoms with van der Waals surface area (Å²) in [5.41, 5.74) is 1.52. The monoisotopic (exact) mass is 509 g/mol. The summed E-state index contributed by atoms with van der Waals surface area (Å²) in [5, 5.41) is 17.1. The Morgan fingerprint density at radius 2 is 1.95 bits per heavy atom. The van der Waals surface area contributed by atoms with E-state index in [9.17, 15) is 4.79 Å². The number of methoxy groups -OCH3 is 1. The highest BCUT2D eigenvalue weighted by Crippen LogP contribution is 2.44. The fraction of sp³-hybridized carbons (Fsp3) is 0.214. The van der Waals surface area contributed by atoms with Crippen molar-refractivity contribution < 1.29 is 13.9 Å². The number of carbonyl (C=O) groups is 1. The molecule has 6 rings (SSSR count). The molecule has 0 spiro atoms. The number of fused-ring (bicyclic) bond motifs is 2. The van der Waals surface area contributed by atoms with Crippen LogP contribution < -0.4 is 5.32 Å². The molecule has 0 radical (unpaired) electrons. The maximum Gasteiger partial charge on any atom is 0.271 e. The first kappa shape index (κ1) is 23.8. The van der Waals surface area contributed by atoms with Crippen molar-refractivity contribution in [3.63, 3.8) is 0 Å². The summed E-state index contributed by atoms with van der Waals surface area (Å²) in [4.78, 5) is 21.4. The minimum absolute atomic E-state index is 0.0659. The summed E-state index contributed by atoms with van der Waals surface area (Å²) in [7, 11) is 1.54. The number of halogens is 1. The molecular weight excluding hydrogens is 485 g/mol. The standard InChI is InChI=1S/C28H24FN7O2/c1-27(2,16-38-3)32-24(37)20-8-6-18(14-21(20)29)23-15-31-26-34-33-25(36(26)35-23)28(10-11-28)19-7-9-22-17(13-19)5-4-12-30-22/h4-15H,16H2,1-3H3,(H,32,37). The number of amides is 1. The molecule has 3 heterocycles. The van der Waals surface area contributed by atoms with E-state index in [0.29, 0.717) is 29.5 Å². The topological polar surface area (TPSA) is 107 Å². The number of ether oxygens (including phenoxy) is 1. The highest BCUT2D eigenvalue weighted by atomic mass is 19.1. The number of carbonyl (C=O) groups excluding carboxylic acids is 1. The summed E-state index contributed by atoms with van der Waals surface area (Å²) >= 11 is 0. The molecule has 1 amide bonds. The molecule has 0 aliphatic heterocycles. The number of aromatic nitrogens is 6. The first-order valence-corrected chi connectivity index (χ1v) is 12.1. The molecule has 38 heavy (non-hydrogen) atoms. The number of pyridine rings is 1. The SMILES string of the molecule is COCC(C)(C)NC(=O)c1ccc(-c2cnc3nnc(C4(c5ccc6ncccc6c5)C=C4)n3n2)cc1F. The van der Waals surface area contributed by atoms with Crippen molar-refractivity contribution in [3.8, 4) is 11.3 Å². The third-order valence-electron chi connectivity index (χ3n) is 6.55. The third-order valence-corrected chi connectivity index (χ3v) is 6.55. The molecule has 1 aliphatic rings. The van der Waals surface area contributed by atoms with Crippen molar-refractivity contribution >= 4 is 22.6 Å². The van der Waals surface area contributed by atoms with Crippen LogP contribution in [-0.4, -0.2) is 54.9 Å². The molecule has 1 N–H and O–H groups in total. The molecule has 5 aromatic rings. The van der Waals surface area contributed by atoms with Gasteiger partial charge in [-0.1, -0.05) is 30.4 Å².